The molecule has 0 saturated heterocycles. The zero-order valence-electron chi connectivity index (χ0n) is 20.6. The van der Waals surface area contributed by atoms with Gasteiger partial charge < -0.3 is 5.32 Å². The van der Waals surface area contributed by atoms with Gasteiger partial charge in [0.15, 0.2) is 5.17 Å². The summed E-state index contributed by atoms with van der Waals surface area (Å²) in [6.07, 6.45) is 0.765. The predicted octanol–water partition coefficient (Wildman–Crippen LogP) is 5.79. The molecule has 0 aliphatic carbocycles. The number of hydrazone groups is 1. The number of aliphatic imine (C=N–C) groups is 1. The Labute approximate surface area is 215 Å². The van der Waals surface area contributed by atoms with Gasteiger partial charge in [0.25, 0.3) is 5.91 Å². The number of amidine groups is 1. The Morgan fingerprint density at radius 3 is 2.44 bits per heavy atom. The molecule has 6 nitrogen and oxygen atoms in total. The monoisotopic (exact) mass is 496 g/mol. The minimum absolute atomic E-state index is 0.0577. The zero-order valence-corrected chi connectivity index (χ0v) is 21.4. The normalized spacial score (nSPS) is 19.3. The van der Waals surface area contributed by atoms with E-state index in [0.717, 1.165) is 33.7 Å². The van der Waals surface area contributed by atoms with Crippen molar-refractivity contribution in [3.05, 3.63) is 101 Å². The molecule has 0 bridgehead atoms. The Morgan fingerprint density at radius 1 is 1.00 bits per heavy atom. The van der Waals surface area contributed by atoms with Crippen LogP contribution < -0.4 is 5.32 Å². The van der Waals surface area contributed by atoms with Gasteiger partial charge in [-0.15, -0.1) is 0 Å². The predicted molar refractivity (Wildman–Crippen MR) is 146 cm³/mol. The summed E-state index contributed by atoms with van der Waals surface area (Å²) in [6.45, 7) is 6.03. The Bertz CT molecular complexity index is 1370. The molecule has 182 valence electrons. The van der Waals surface area contributed by atoms with Gasteiger partial charge >= 0.3 is 0 Å². The number of hydrogen-bond donors (Lipinski definition) is 1. The van der Waals surface area contributed by atoms with Crippen molar-refractivity contribution in [3.8, 4) is 0 Å². The topological polar surface area (TPSA) is 74.1 Å². The van der Waals surface area contributed by atoms with E-state index < -0.39 is 5.25 Å². The van der Waals surface area contributed by atoms with E-state index in [-0.39, 0.29) is 24.3 Å². The molecule has 0 saturated carbocycles. The van der Waals surface area contributed by atoms with Gasteiger partial charge in [0.05, 0.1) is 11.8 Å². The molecular weight excluding hydrogens is 468 g/mol. The third-order valence-corrected chi connectivity index (χ3v) is 7.57. The van der Waals surface area contributed by atoms with Gasteiger partial charge in [0.1, 0.15) is 5.25 Å². The van der Waals surface area contributed by atoms with Gasteiger partial charge in [-0.05, 0) is 43.5 Å². The number of thioether (sulfide) groups is 1. The number of carbonyl (C=O) groups excluding carboxylic acids is 2. The smallest absolute Gasteiger partial charge is 0.262 e. The average molecular weight is 497 g/mol. The van der Waals surface area contributed by atoms with Crippen LogP contribution in [0, 0.1) is 20.8 Å². The van der Waals surface area contributed by atoms with Gasteiger partial charge in [-0.3, -0.25) is 9.59 Å². The highest BCUT2D eigenvalue weighted by molar-refractivity contribution is 8.15. The highest BCUT2D eigenvalue weighted by atomic mass is 32.2. The molecule has 36 heavy (non-hydrogen) atoms. The first kappa shape index (κ1) is 24.0. The fourth-order valence-electron chi connectivity index (χ4n) is 4.47. The largest absolute Gasteiger partial charge is 0.326 e. The van der Waals surface area contributed by atoms with Crippen molar-refractivity contribution in [2.75, 3.05) is 5.32 Å². The minimum atomic E-state index is -0.569. The molecule has 0 aromatic heterocycles. The van der Waals surface area contributed by atoms with Crippen LogP contribution in [0.3, 0.4) is 0 Å². The second-order valence-electron chi connectivity index (χ2n) is 9.30. The number of rotatable bonds is 5. The van der Waals surface area contributed by atoms with Crippen molar-refractivity contribution in [1.29, 1.82) is 0 Å². The van der Waals surface area contributed by atoms with E-state index in [1.807, 2.05) is 67.4 Å². The summed E-state index contributed by atoms with van der Waals surface area (Å²) >= 11 is 1.32. The molecule has 0 radical (unpaired) electrons. The number of benzene rings is 3. The number of anilines is 1. The van der Waals surface area contributed by atoms with Crippen molar-refractivity contribution in [2.24, 2.45) is 10.1 Å². The molecule has 2 heterocycles. The molecule has 2 atom stereocenters. The first-order valence-corrected chi connectivity index (χ1v) is 12.9. The number of nitrogens with one attached hydrogen (secondary N) is 1. The van der Waals surface area contributed by atoms with Gasteiger partial charge in [-0.25, -0.2) is 5.01 Å². The summed E-state index contributed by atoms with van der Waals surface area (Å²) in [5.41, 5.74) is 7.19. The molecule has 0 unspecified atom stereocenters. The van der Waals surface area contributed by atoms with Crippen molar-refractivity contribution in [2.45, 2.75) is 44.9 Å². The molecular formula is C29H28N4O2S. The molecule has 7 heteroatoms. The van der Waals surface area contributed by atoms with Crippen molar-refractivity contribution < 1.29 is 9.59 Å². The first-order valence-electron chi connectivity index (χ1n) is 12.0. The van der Waals surface area contributed by atoms with E-state index >= 15 is 0 Å². The zero-order chi connectivity index (χ0) is 25.2. The maximum atomic E-state index is 12.8. The van der Waals surface area contributed by atoms with Crippen LogP contribution in [0.15, 0.2) is 82.9 Å². The number of amides is 2. The first-order chi connectivity index (χ1) is 17.4. The maximum Gasteiger partial charge on any atom is 0.262 e. The van der Waals surface area contributed by atoms with E-state index in [4.69, 9.17) is 5.10 Å². The van der Waals surface area contributed by atoms with Crippen molar-refractivity contribution >= 4 is 40.1 Å². The van der Waals surface area contributed by atoms with Gasteiger partial charge in [-0.1, -0.05) is 89.6 Å². The second kappa shape index (κ2) is 10.1. The minimum Gasteiger partial charge on any atom is -0.326 e. The van der Waals surface area contributed by atoms with Crippen molar-refractivity contribution in [3.63, 3.8) is 0 Å². The average Bonchev–Trinajstić information content (AvgIpc) is 3.46. The highest BCUT2D eigenvalue weighted by Crippen LogP contribution is 2.38. The fourth-order valence-corrected chi connectivity index (χ4v) is 5.53. The number of hydrogen-bond acceptors (Lipinski definition) is 5. The third-order valence-electron chi connectivity index (χ3n) is 6.43. The van der Waals surface area contributed by atoms with Crippen LogP contribution in [0.4, 0.5) is 5.69 Å². The summed E-state index contributed by atoms with van der Waals surface area (Å²) < 4.78 is 0. The van der Waals surface area contributed by atoms with Gasteiger partial charge in [0.2, 0.25) is 5.91 Å². The van der Waals surface area contributed by atoms with Crippen LogP contribution in [-0.4, -0.2) is 33.0 Å². The molecule has 0 spiro atoms. The van der Waals surface area contributed by atoms with E-state index in [9.17, 15) is 9.59 Å². The number of nitrogens with zero attached hydrogens (tertiary/aromatic N) is 3. The molecule has 1 N–H and O–H groups in total. The summed E-state index contributed by atoms with van der Waals surface area (Å²) in [7, 11) is 0. The molecule has 3 aromatic rings. The number of carbonyl (C=O) groups is 2. The standard InChI is InChI=1S/C29H28N4O2S/c1-18-9-12-22(13-10-18)25-16-24(21-7-5-4-6-8-21)32-33(25)29-31-28(35)26(36-29)17-27(34)30-23-14-11-19(2)15-20(23)3/h4-15,25-26H,16-17H2,1-3H3,(H,30,34)/t25-,26-/m1/s1. The maximum absolute atomic E-state index is 12.8. The van der Waals surface area contributed by atoms with Crippen LogP contribution in [0.25, 0.3) is 0 Å². The van der Waals surface area contributed by atoms with E-state index in [1.165, 1.54) is 17.3 Å². The van der Waals surface area contributed by atoms with E-state index in [0.29, 0.717) is 11.6 Å². The molecule has 3 aromatic carbocycles. The second-order valence-corrected chi connectivity index (χ2v) is 10.5. The Balaban J connectivity index is 1.34. The Hall–Kier alpha value is -3.71. The van der Waals surface area contributed by atoms with Crippen LogP contribution in [0.2, 0.25) is 0 Å². The van der Waals surface area contributed by atoms with E-state index in [2.05, 4.69) is 41.5 Å². The lowest BCUT2D eigenvalue weighted by molar-refractivity contribution is -0.121. The third kappa shape index (κ3) is 5.11. The lowest BCUT2D eigenvalue weighted by Crippen LogP contribution is -2.25. The van der Waals surface area contributed by atoms with Gasteiger partial charge in [0, 0.05) is 18.5 Å². The Kier molecular flexibility index (Phi) is 6.74. The Morgan fingerprint density at radius 2 is 1.72 bits per heavy atom. The summed E-state index contributed by atoms with van der Waals surface area (Å²) in [4.78, 5) is 29.9. The van der Waals surface area contributed by atoms with Crippen LogP contribution in [-0.2, 0) is 9.59 Å². The van der Waals surface area contributed by atoms with E-state index in [1.54, 1.807) is 0 Å². The molecule has 2 amide bonds. The van der Waals surface area contributed by atoms with Crippen molar-refractivity contribution in [1.82, 2.24) is 5.01 Å². The lowest BCUT2D eigenvalue weighted by Gasteiger charge is -2.23. The molecule has 0 fully saturated rings. The summed E-state index contributed by atoms with van der Waals surface area (Å²) in [5, 5.41) is 9.67. The van der Waals surface area contributed by atoms with Crippen LogP contribution >= 0.6 is 11.8 Å². The molecule has 2 aliphatic rings. The van der Waals surface area contributed by atoms with Crippen LogP contribution in [0.1, 0.15) is 46.7 Å². The quantitative estimate of drug-likeness (QED) is 0.485. The lowest BCUT2D eigenvalue weighted by atomic mass is 9.98. The number of aryl methyl sites for hydroxylation is 3. The van der Waals surface area contributed by atoms with Gasteiger partial charge in [-0.2, -0.15) is 10.1 Å². The molecule has 2 aliphatic heterocycles. The summed E-state index contributed by atoms with van der Waals surface area (Å²) in [6, 6.07) is 24.3. The van der Waals surface area contributed by atoms with Crippen LogP contribution in [0.5, 0.6) is 0 Å². The summed E-state index contributed by atoms with van der Waals surface area (Å²) in [5.74, 6) is -0.494. The SMILES string of the molecule is Cc1ccc([C@H]2CC(c3ccccc3)=NN2C2=NC(=O)[C@@H](CC(=O)Nc3ccc(C)cc3C)S2)cc1. The fraction of sp³-hybridized carbons (Fsp3) is 0.241. The molecule has 5 rings (SSSR count). The highest BCUT2D eigenvalue weighted by Gasteiger charge is 2.39.